The summed E-state index contributed by atoms with van der Waals surface area (Å²) in [4.78, 5) is 27.3. The number of ether oxygens (including phenoxy) is 2. The molecular weight excluding hydrogens is 362 g/mol. The van der Waals surface area contributed by atoms with Crippen LogP contribution in [0, 0.1) is 0 Å². The van der Waals surface area contributed by atoms with E-state index in [1.807, 2.05) is 18.2 Å². The molecule has 0 fully saturated rings. The van der Waals surface area contributed by atoms with Gasteiger partial charge in [0.15, 0.2) is 6.61 Å². The highest BCUT2D eigenvalue weighted by atomic mass is 16.6. The number of amides is 1. The average Bonchev–Trinajstić information content (AvgIpc) is 3.16. The molecule has 0 spiro atoms. The Hall–Kier alpha value is -3.68. The molecule has 144 valence electrons. The van der Waals surface area contributed by atoms with Crippen LogP contribution >= 0.6 is 0 Å². The Bertz CT molecular complexity index is 966. The van der Waals surface area contributed by atoms with Crippen molar-refractivity contribution in [2.75, 3.05) is 12.4 Å². The van der Waals surface area contributed by atoms with Crippen LogP contribution in [-0.4, -0.2) is 29.1 Å². The highest BCUT2D eigenvalue weighted by Gasteiger charge is 2.14. The molecule has 8 nitrogen and oxygen atoms in total. The van der Waals surface area contributed by atoms with Crippen molar-refractivity contribution in [1.29, 1.82) is 0 Å². The fourth-order valence-electron chi connectivity index (χ4n) is 2.52. The lowest BCUT2D eigenvalue weighted by Crippen LogP contribution is -2.09. The van der Waals surface area contributed by atoms with Crippen LogP contribution in [0.25, 0.3) is 11.4 Å². The number of anilines is 1. The van der Waals surface area contributed by atoms with Gasteiger partial charge in [-0.25, -0.2) is 0 Å². The number of nitrogens with zero attached hydrogens (tertiary/aromatic N) is 2. The molecule has 0 aliphatic rings. The van der Waals surface area contributed by atoms with E-state index in [-0.39, 0.29) is 24.8 Å². The molecule has 0 saturated heterocycles. The van der Waals surface area contributed by atoms with Gasteiger partial charge in [0, 0.05) is 12.6 Å². The minimum atomic E-state index is -0.427. The molecule has 0 aliphatic carbocycles. The standard InChI is InChI=1S/C20H19N3O5/c1-13(24)21-15-9-7-14(8-10-15)11-19(25)27-12-18-22-20(23-28-18)16-5-3-4-6-17(16)26-2/h3-10H,11-12H2,1-2H3,(H,21,24). The summed E-state index contributed by atoms with van der Waals surface area (Å²) in [5, 5.41) is 6.56. The summed E-state index contributed by atoms with van der Waals surface area (Å²) < 4.78 is 15.6. The second-order valence-corrected chi connectivity index (χ2v) is 5.93. The Labute approximate surface area is 161 Å². The zero-order valence-electron chi connectivity index (χ0n) is 15.5. The molecule has 1 N–H and O–H groups in total. The summed E-state index contributed by atoms with van der Waals surface area (Å²) in [6.45, 7) is 1.31. The molecule has 1 amide bonds. The summed E-state index contributed by atoms with van der Waals surface area (Å²) in [6.07, 6.45) is 0.0911. The topological polar surface area (TPSA) is 104 Å². The monoisotopic (exact) mass is 381 g/mol. The average molecular weight is 381 g/mol. The number of methoxy groups -OCH3 is 1. The number of nitrogens with one attached hydrogen (secondary N) is 1. The molecule has 3 rings (SSSR count). The predicted molar refractivity (Wildman–Crippen MR) is 101 cm³/mol. The second kappa shape index (κ2) is 8.81. The van der Waals surface area contributed by atoms with Crippen molar-refractivity contribution < 1.29 is 23.6 Å². The van der Waals surface area contributed by atoms with Crippen molar-refractivity contribution in [1.82, 2.24) is 10.1 Å². The second-order valence-electron chi connectivity index (χ2n) is 5.93. The molecule has 2 aromatic carbocycles. The zero-order valence-corrected chi connectivity index (χ0v) is 15.5. The molecule has 3 aromatic rings. The first-order valence-corrected chi connectivity index (χ1v) is 8.53. The molecule has 1 heterocycles. The van der Waals surface area contributed by atoms with E-state index in [4.69, 9.17) is 14.0 Å². The maximum Gasteiger partial charge on any atom is 0.310 e. The molecule has 1 aromatic heterocycles. The van der Waals surface area contributed by atoms with E-state index in [9.17, 15) is 9.59 Å². The third-order valence-corrected chi connectivity index (χ3v) is 3.80. The van der Waals surface area contributed by atoms with Gasteiger partial charge in [0.05, 0.1) is 19.1 Å². The van der Waals surface area contributed by atoms with Crippen molar-refractivity contribution in [3.05, 3.63) is 60.0 Å². The van der Waals surface area contributed by atoms with E-state index < -0.39 is 5.97 Å². The third-order valence-electron chi connectivity index (χ3n) is 3.80. The number of benzene rings is 2. The largest absolute Gasteiger partial charge is 0.496 e. The maximum absolute atomic E-state index is 12.0. The molecule has 0 saturated carbocycles. The number of hydrogen-bond acceptors (Lipinski definition) is 7. The molecule has 0 aliphatic heterocycles. The van der Waals surface area contributed by atoms with E-state index in [1.54, 1.807) is 37.4 Å². The smallest absolute Gasteiger partial charge is 0.310 e. The quantitative estimate of drug-likeness (QED) is 0.628. The van der Waals surface area contributed by atoms with Crippen LogP contribution in [0.15, 0.2) is 53.1 Å². The van der Waals surface area contributed by atoms with Gasteiger partial charge >= 0.3 is 5.97 Å². The van der Waals surface area contributed by atoms with Crippen molar-refractivity contribution >= 4 is 17.6 Å². The highest BCUT2D eigenvalue weighted by molar-refractivity contribution is 5.88. The molecular formula is C20H19N3O5. The number of para-hydroxylation sites is 1. The Morgan fingerprint density at radius 3 is 2.57 bits per heavy atom. The number of hydrogen-bond donors (Lipinski definition) is 1. The Morgan fingerprint density at radius 2 is 1.86 bits per heavy atom. The fraction of sp³-hybridized carbons (Fsp3) is 0.200. The van der Waals surface area contributed by atoms with Gasteiger partial charge in [-0.15, -0.1) is 0 Å². The Kier molecular flexibility index (Phi) is 6.01. The van der Waals surface area contributed by atoms with E-state index >= 15 is 0 Å². The third kappa shape index (κ3) is 4.94. The van der Waals surface area contributed by atoms with Crippen LogP contribution in [-0.2, 0) is 27.4 Å². The van der Waals surface area contributed by atoms with Gasteiger partial charge in [-0.2, -0.15) is 4.98 Å². The van der Waals surface area contributed by atoms with Crippen LogP contribution in [0.5, 0.6) is 5.75 Å². The van der Waals surface area contributed by atoms with Gasteiger partial charge < -0.3 is 19.3 Å². The van der Waals surface area contributed by atoms with Gasteiger partial charge in [0.2, 0.25) is 11.7 Å². The molecule has 8 heteroatoms. The van der Waals surface area contributed by atoms with Crippen LogP contribution in [0.1, 0.15) is 18.4 Å². The van der Waals surface area contributed by atoms with Crippen molar-refractivity contribution in [3.63, 3.8) is 0 Å². The van der Waals surface area contributed by atoms with E-state index in [2.05, 4.69) is 15.5 Å². The van der Waals surface area contributed by atoms with Crippen LogP contribution in [0.4, 0.5) is 5.69 Å². The van der Waals surface area contributed by atoms with Crippen molar-refractivity contribution in [3.8, 4) is 17.1 Å². The van der Waals surface area contributed by atoms with E-state index in [1.165, 1.54) is 6.92 Å². The first-order chi connectivity index (χ1) is 13.5. The summed E-state index contributed by atoms with van der Waals surface area (Å²) in [7, 11) is 1.56. The van der Waals surface area contributed by atoms with Gasteiger partial charge in [-0.1, -0.05) is 29.4 Å². The zero-order chi connectivity index (χ0) is 19.9. The van der Waals surface area contributed by atoms with Gasteiger partial charge in [0.1, 0.15) is 5.75 Å². The predicted octanol–water partition coefficient (Wildman–Crippen LogP) is 2.99. The highest BCUT2D eigenvalue weighted by Crippen LogP contribution is 2.27. The van der Waals surface area contributed by atoms with Gasteiger partial charge in [-0.3, -0.25) is 9.59 Å². The number of carbonyl (C=O) groups excluding carboxylic acids is 2. The number of esters is 1. The normalized spacial score (nSPS) is 10.4. The Balaban J connectivity index is 1.55. The van der Waals surface area contributed by atoms with Crippen molar-refractivity contribution in [2.45, 2.75) is 20.0 Å². The lowest BCUT2D eigenvalue weighted by atomic mass is 10.1. The SMILES string of the molecule is COc1ccccc1-c1noc(COC(=O)Cc2ccc(NC(C)=O)cc2)n1. The summed E-state index contributed by atoms with van der Waals surface area (Å²) in [5.41, 5.74) is 2.12. The van der Waals surface area contributed by atoms with E-state index in [0.717, 1.165) is 5.56 Å². The molecule has 0 bridgehead atoms. The Morgan fingerprint density at radius 1 is 1.11 bits per heavy atom. The lowest BCUT2D eigenvalue weighted by molar-refractivity contribution is -0.144. The fourth-order valence-corrected chi connectivity index (χ4v) is 2.52. The molecule has 0 atom stereocenters. The molecule has 0 unspecified atom stereocenters. The van der Waals surface area contributed by atoms with Gasteiger partial charge in [-0.05, 0) is 29.8 Å². The molecule has 28 heavy (non-hydrogen) atoms. The first kappa shape index (κ1) is 19.1. The van der Waals surface area contributed by atoms with Crippen molar-refractivity contribution in [2.24, 2.45) is 0 Å². The summed E-state index contributed by atoms with van der Waals surface area (Å²) in [6, 6.07) is 14.2. The van der Waals surface area contributed by atoms with Crippen LogP contribution < -0.4 is 10.1 Å². The maximum atomic E-state index is 12.0. The minimum Gasteiger partial charge on any atom is -0.496 e. The number of carbonyl (C=O) groups is 2. The van der Waals surface area contributed by atoms with E-state index in [0.29, 0.717) is 22.8 Å². The number of aromatic nitrogens is 2. The first-order valence-electron chi connectivity index (χ1n) is 8.53. The minimum absolute atomic E-state index is 0.0911. The molecule has 0 radical (unpaired) electrons. The lowest BCUT2D eigenvalue weighted by Gasteiger charge is -2.05. The number of rotatable bonds is 7. The summed E-state index contributed by atoms with van der Waals surface area (Å²) in [5.74, 6) is 0.588. The van der Waals surface area contributed by atoms with Crippen LogP contribution in [0.3, 0.4) is 0 Å². The van der Waals surface area contributed by atoms with Crippen LogP contribution in [0.2, 0.25) is 0 Å². The van der Waals surface area contributed by atoms with Gasteiger partial charge in [0.25, 0.3) is 5.89 Å². The summed E-state index contributed by atoms with van der Waals surface area (Å²) >= 11 is 0.